The Labute approximate surface area is 91.1 Å². The minimum Gasteiger partial charge on any atom is -0.599 e. The van der Waals surface area contributed by atoms with Gasteiger partial charge in [0.15, 0.2) is 16.4 Å². The molecule has 1 atom stereocenters. The average Bonchev–Trinajstić information content (AvgIpc) is 2.10. The SMILES string of the molecule is COc1c(C)cnc(C[S+]([O-])Cl)c1C. The van der Waals surface area contributed by atoms with Gasteiger partial charge in [-0.05, 0) is 13.8 Å². The lowest BCUT2D eigenvalue weighted by molar-refractivity contribution is 0.407. The molecule has 1 aromatic heterocycles. The summed E-state index contributed by atoms with van der Waals surface area (Å²) in [7, 11) is 5.63. The zero-order valence-corrected chi connectivity index (χ0v) is 9.91. The van der Waals surface area contributed by atoms with E-state index in [1.807, 2.05) is 13.8 Å². The standard InChI is InChI=1S/C9H12ClNO2S/c1-6-4-11-8(5-14(10)12)7(2)9(6)13-3/h4H,5H2,1-3H3. The molecule has 0 aliphatic carbocycles. The number of pyridine rings is 1. The van der Waals surface area contributed by atoms with E-state index < -0.39 is 10.4 Å². The number of methoxy groups -OCH3 is 1. The second kappa shape index (κ2) is 4.87. The Kier molecular flexibility index (Phi) is 4.04. The van der Waals surface area contributed by atoms with Crippen molar-refractivity contribution >= 4 is 21.1 Å². The van der Waals surface area contributed by atoms with Crippen LogP contribution in [0, 0.1) is 13.8 Å². The first-order chi connectivity index (χ1) is 6.56. The summed E-state index contributed by atoms with van der Waals surface area (Å²) >= 11 is 0. The fourth-order valence-corrected chi connectivity index (χ4v) is 2.14. The Morgan fingerprint density at radius 3 is 2.71 bits per heavy atom. The van der Waals surface area contributed by atoms with Crippen LogP contribution in [0.3, 0.4) is 0 Å². The molecule has 5 heteroatoms. The van der Waals surface area contributed by atoms with Crippen molar-refractivity contribution < 1.29 is 9.29 Å². The largest absolute Gasteiger partial charge is 0.599 e. The summed E-state index contributed by atoms with van der Waals surface area (Å²) in [6, 6.07) is 0. The molecule has 14 heavy (non-hydrogen) atoms. The topological polar surface area (TPSA) is 45.2 Å². The zero-order valence-electron chi connectivity index (χ0n) is 8.33. The highest BCUT2D eigenvalue weighted by Gasteiger charge is 2.13. The van der Waals surface area contributed by atoms with Crippen molar-refractivity contribution in [2.45, 2.75) is 19.6 Å². The summed E-state index contributed by atoms with van der Waals surface area (Å²) in [6.07, 6.45) is 1.70. The number of hydrogen-bond donors (Lipinski definition) is 0. The molecule has 0 fully saturated rings. The Bertz CT molecular complexity index is 331. The van der Waals surface area contributed by atoms with Gasteiger partial charge in [0.25, 0.3) is 0 Å². The minimum absolute atomic E-state index is 0.254. The molecule has 0 spiro atoms. The lowest BCUT2D eigenvalue weighted by Gasteiger charge is -2.11. The highest BCUT2D eigenvalue weighted by atomic mass is 35.7. The number of ether oxygens (including phenoxy) is 1. The maximum atomic E-state index is 10.8. The van der Waals surface area contributed by atoms with Crippen molar-refractivity contribution in [2.24, 2.45) is 0 Å². The van der Waals surface area contributed by atoms with Crippen LogP contribution in [-0.2, 0) is 16.1 Å². The van der Waals surface area contributed by atoms with Gasteiger partial charge in [0.05, 0.1) is 23.2 Å². The maximum absolute atomic E-state index is 10.8. The monoisotopic (exact) mass is 233 g/mol. The summed E-state index contributed by atoms with van der Waals surface area (Å²) in [5.74, 6) is 1.04. The molecule has 0 aliphatic rings. The van der Waals surface area contributed by atoms with Crippen molar-refractivity contribution in [1.29, 1.82) is 0 Å². The quantitative estimate of drug-likeness (QED) is 0.752. The van der Waals surface area contributed by atoms with E-state index in [4.69, 9.17) is 15.4 Å². The summed E-state index contributed by atoms with van der Waals surface area (Å²) in [4.78, 5) is 4.17. The summed E-state index contributed by atoms with van der Waals surface area (Å²) < 4.78 is 16.1. The Balaban J connectivity index is 3.08. The summed E-state index contributed by atoms with van der Waals surface area (Å²) in [5.41, 5.74) is 2.59. The van der Waals surface area contributed by atoms with Crippen molar-refractivity contribution in [3.05, 3.63) is 23.0 Å². The van der Waals surface area contributed by atoms with Gasteiger partial charge in [-0.25, -0.2) is 0 Å². The van der Waals surface area contributed by atoms with Gasteiger partial charge in [-0.2, -0.15) is 0 Å². The number of hydrogen-bond acceptors (Lipinski definition) is 3. The van der Waals surface area contributed by atoms with E-state index in [-0.39, 0.29) is 5.75 Å². The molecule has 1 unspecified atom stereocenters. The van der Waals surface area contributed by atoms with E-state index in [9.17, 15) is 4.55 Å². The molecule has 0 aromatic carbocycles. The van der Waals surface area contributed by atoms with E-state index in [1.54, 1.807) is 13.3 Å². The van der Waals surface area contributed by atoms with Crippen LogP contribution < -0.4 is 4.74 Å². The molecule has 0 bridgehead atoms. The van der Waals surface area contributed by atoms with Crippen LogP contribution >= 0.6 is 10.7 Å². The number of aromatic nitrogens is 1. The smallest absolute Gasteiger partial charge is 0.174 e. The molecule has 0 amide bonds. The van der Waals surface area contributed by atoms with Gasteiger partial charge < -0.3 is 9.29 Å². The number of nitrogens with zero attached hydrogens (tertiary/aromatic N) is 1. The van der Waals surface area contributed by atoms with E-state index in [1.165, 1.54) is 0 Å². The Morgan fingerprint density at radius 2 is 2.21 bits per heavy atom. The highest BCUT2D eigenvalue weighted by molar-refractivity contribution is 8.13. The molecular formula is C9H12ClNO2S. The molecule has 0 saturated heterocycles. The Hall–Kier alpha value is -0.450. The molecule has 0 saturated carbocycles. The summed E-state index contributed by atoms with van der Waals surface area (Å²) in [5, 5.41) is 0. The van der Waals surface area contributed by atoms with Gasteiger partial charge in [-0.3, -0.25) is 4.98 Å². The fraction of sp³-hybridized carbons (Fsp3) is 0.444. The molecule has 1 heterocycles. The average molecular weight is 234 g/mol. The lowest BCUT2D eigenvalue weighted by Crippen LogP contribution is -2.03. The van der Waals surface area contributed by atoms with Crippen molar-refractivity contribution in [1.82, 2.24) is 4.98 Å². The maximum Gasteiger partial charge on any atom is 0.174 e. The fourth-order valence-electron chi connectivity index (χ4n) is 1.32. The molecule has 1 aromatic rings. The third-order valence-electron chi connectivity index (χ3n) is 2.00. The van der Waals surface area contributed by atoms with Crippen molar-refractivity contribution in [3.63, 3.8) is 0 Å². The van der Waals surface area contributed by atoms with Gasteiger partial charge >= 0.3 is 0 Å². The second-order valence-corrected chi connectivity index (χ2v) is 4.88. The number of rotatable bonds is 3. The van der Waals surface area contributed by atoms with Gasteiger partial charge in [0.2, 0.25) is 0 Å². The third kappa shape index (κ3) is 2.53. The normalized spacial score (nSPS) is 12.6. The van der Waals surface area contributed by atoms with Gasteiger partial charge in [0, 0.05) is 17.3 Å². The van der Waals surface area contributed by atoms with Crippen LogP contribution in [0.5, 0.6) is 5.75 Å². The first kappa shape index (κ1) is 11.6. The molecule has 0 radical (unpaired) electrons. The Morgan fingerprint density at radius 1 is 1.57 bits per heavy atom. The van der Waals surface area contributed by atoms with Crippen LogP contribution in [-0.4, -0.2) is 16.6 Å². The van der Waals surface area contributed by atoms with E-state index >= 15 is 0 Å². The minimum atomic E-state index is -1.39. The first-order valence-corrected chi connectivity index (χ1v) is 6.24. The van der Waals surface area contributed by atoms with E-state index in [2.05, 4.69) is 4.98 Å². The second-order valence-electron chi connectivity index (χ2n) is 2.98. The van der Waals surface area contributed by atoms with Crippen molar-refractivity contribution in [2.75, 3.05) is 7.11 Å². The molecular weight excluding hydrogens is 222 g/mol. The summed E-state index contributed by atoms with van der Waals surface area (Å²) in [6.45, 7) is 3.80. The predicted molar refractivity (Wildman–Crippen MR) is 58.0 cm³/mol. The molecule has 0 aliphatic heterocycles. The van der Waals surface area contributed by atoms with E-state index in [0.29, 0.717) is 0 Å². The van der Waals surface area contributed by atoms with Crippen LogP contribution in [0.15, 0.2) is 6.20 Å². The molecule has 0 N–H and O–H groups in total. The molecule has 3 nitrogen and oxygen atoms in total. The van der Waals surface area contributed by atoms with Gasteiger partial charge in [-0.1, -0.05) is 0 Å². The lowest BCUT2D eigenvalue weighted by atomic mass is 10.1. The van der Waals surface area contributed by atoms with Crippen LogP contribution in [0.1, 0.15) is 16.8 Å². The number of aryl methyl sites for hydroxylation is 1. The van der Waals surface area contributed by atoms with Crippen LogP contribution in [0.25, 0.3) is 0 Å². The molecule has 78 valence electrons. The number of halogens is 1. The van der Waals surface area contributed by atoms with Gasteiger partial charge in [0.1, 0.15) is 5.75 Å². The highest BCUT2D eigenvalue weighted by Crippen LogP contribution is 2.25. The molecule has 1 rings (SSSR count). The van der Waals surface area contributed by atoms with Crippen LogP contribution in [0.4, 0.5) is 0 Å². The van der Waals surface area contributed by atoms with Crippen molar-refractivity contribution in [3.8, 4) is 5.75 Å². The predicted octanol–water partition coefficient (Wildman–Crippen LogP) is 2.11. The van der Waals surface area contributed by atoms with E-state index in [0.717, 1.165) is 22.6 Å². The van der Waals surface area contributed by atoms with Gasteiger partial charge in [-0.15, -0.1) is 0 Å². The third-order valence-corrected chi connectivity index (χ3v) is 2.83. The van der Waals surface area contributed by atoms with Crippen LogP contribution in [0.2, 0.25) is 0 Å². The first-order valence-electron chi connectivity index (χ1n) is 4.10. The zero-order chi connectivity index (χ0) is 10.7.